The van der Waals surface area contributed by atoms with Gasteiger partial charge in [-0.2, -0.15) is 18.3 Å². The van der Waals surface area contributed by atoms with Gasteiger partial charge in [0.25, 0.3) is 5.91 Å². The third-order valence-corrected chi connectivity index (χ3v) is 6.38. The molecule has 6 nitrogen and oxygen atoms in total. The maximum Gasteiger partial charge on any atom is 0.416 e. The van der Waals surface area contributed by atoms with E-state index in [9.17, 15) is 18.0 Å². The minimum absolute atomic E-state index is 0.318. The predicted octanol–water partition coefficient (Wildman–Crippen LogP) is 6.97. The molecule has 0 spiro atoms. The van der Waals surface area contributed by atoms with Crippen LogP contribution < -0.4 is 0 Å². The summed E-state index contributed by atoms with van der Waals surface area (Å²) in [5, 5.41) is 4.73. The van der Waals surface area contributed by atoms with Gasteiger partial charge >= 0.3 is 6.18 Å². The molecule has 0 aliphatic carbocycles. The van der Waals surface area contributed by atoms with Crippen LogP contribution in [0.25, 0.3) is 39.4 Å². The summed E-state index contributed by atoms with van der Waals surface area (Å²) in [6.07, 6.45) is -1.21. The van der Waals surface area contributed by atoms with Gasteiger partial charge in [-0.25, -0.2) is 9.67 Å². The number of benzene rings is 3. The topological polar surface area (TPSA) is 65.6 Å². The fourth-order valence-corrected chi connectivity index (χ4v) is 4.42. The molecule has 9 heteroatoms. The number of alkyl halides is 3. The summed E-state index contributed by atoms with van der Waals surface area (Å²) < 4.78 is 42.9. The zero-order valence-corrected chi connectivity index (χ0v) is 20.6. The zero-order valence-electron chi connectivity index (χ0n) is 20.6. The maximum absolute atomic E-state index is 13.8. The number of carbonyl (C=O) groups is 1. The van der Waals surface area contributed by atoms with Crippen molar-refractivity contribution in [2.75, 3.05) is 0 Å². The molecule has 3 aromatic carbocycles. The van der Waals surface area contributed by atoms with Gasteiger partial charge in [0.2, 0.25) is 0 Å². The van der Waals surface area contributed by atoms with Crippen LogP contribution in [0.1, 0.15) is 21.6 Å². The van der Waals surface area contributed by atoms with Crippen LogP contribution in [0, 0.1) is 6.92 Å². The van der Waals surface area contributed by atoms with Crippen LogP contribution in [0.15, 0.2) is 103 Å². The lowest BCUT2D eigenvalue weighted by atomic mass is 10.1. The van der Waals surface area contributed by atoms with E-state index in [4.69, 9.17) is 10.1 Å². The average Bonchev–Trinajstić information content (AvgIpc) is 3.55. The molecule has 3 heterocycles. The largest absolute Gasteiger partial charge is 0.416 e. The van der Waals surface area contributed by atoms with E-state index in [2.05, 4.69) is 4.98 Å². The van der Waals surface area contributed by atoms with Crippen molar-refractivity contribution in [1.29, 1.82) is 0 Å². The Morgan fingerprint density at radius 1 is 0.846 bits per heavy atom. The van der Waals surface area contributed by atoms with Crippen LogP contribution >= 0.6 is 0 Å². The first-order valence-electron chi connectivity index (χ1n) is 12.1. The number of pyridine rings is 1. The molecule has 0 amide bonds. The van der Waals surface area contributed by atoms with Crippen LogP contribution in [0.3, 0.4) is 0 Å². The molecule has 3 aromatic heterocycles. The summed E-state index contributed by atoms with van der Waals surface area (Å²) in [5.41, 5.74) is 3.64. The number of carbonyl (C=O) groups excluding carboxylic acids is 1. The maximum atomic E-state index is 13.8. The van der Waals surface area contributed by atoms with E-state index < -0.39 is 11.7 Å². The lowest BCUT2D eigenvalue weighted by Crippen LogP contribution is -2.14. The quantitative estimate of drug-likeness (QED) is 0.250. The number of imidazole rings is 1. The Morgan fingerprint density at radius 3 is 2.26 bits per heavy atom. The van der Waals surface area contributed by atoms with Gasteiger partial charge in [-0.3, -0.25) is 14.3 Å². The molecule has 0 unspecified atom stereocenters. The Kier molecular flexibility index (Phi) is 5.83. The molecule has 0 saturated carbocycles. The summed E-state index contributed by atoms with van der Waals surface area (Å²) in [4.78, 5) is 22.9. The van der Waals surface area contributed by atoms with Crippen molar-refractivity contribution in [2.24, 2.45) is 0 Å². The highest BCUT2D eigenvalue weighted by Crippen LogP contribution is 2.36. The van der Waals surface area contributed by atoms with Gasteiger partial charge in [-0.1, -0.05) is 42.5 Å². The van der Waals surface area contributed by atoms with Crippen LogP contribution in [0.2, 0.25) is 0 Å². The van der Waals surface area contributed by atoms with Crippen LogP contribution in [0.5, 0.6) is 0 Å². The number of fused-ring (bicyclic) bond motifs is 1. The second kappa shape index (κ2) is 9.36. The highest BCUT2D eigenvalue weighted by molar-refractivity contribution is 6.04. The first kappa shape index (κ1) is 24.3. The lowest BCUT2D eigenvalue weighted by Gasteiger charge is -2.09. The van der Waals surface area contributed by atoms with Crippen LogP contribution in [-0.4, -0.2) is 30.2 Å². The molecule has 0 aliphatic heterocycles. The van der Waals surface area contributed by atoms with Crippen molar-refractivity contribution in [3.05, 3.63) is 120 Å². The molecular formula is C30H20F3N5O. The molecule has 0 fully saturated rings. The smallest absolute Gasteiger partial charge is 0.268 e. The van der Waals surface area contributed by atoms with Gasteiger partial charge in [-0.15, -0.1) is 0 Å². The third-order valence-electron chi connectivity index (χ3n) is 6.38. The number of rotatable bonds is 4. The molecule has 6 aromatic rings. The van der Waals surface area contributed by atoms with Crippen molar-refractivity contribution in [3.8, 4) is 28.3 Å². The molecule has 0 saturated heterocycles. The molecule has 0 radical (unpaired) electrons. The van der Waals surface area contributed by atoms with Crippen LogP contribution in [0.4, 0.5) is 13.2 Å². The average molecular weight is 524 g/mol. The van der Waals surface area contributed by atoms with Crippen molar-refractivity contribution < 1.29 is 18.0 Å². The van der Waals surface area contributed by atoms with E-state index in [0.29, 0.717) is 39.2 Å². The van der Waals surface area contributed by atoms with Crippen molar-refractivity contribution >= 4 is 16.9 Å². The molecule has 0 bridgehead atoms. The standard InChI is InChI=1S/C30H20F3N5O/c1-19-11-12-21(17-34-19)29(39)38-26-10-6-5-9-25(26)35-28(38)24-18-37(23-7-3-2-4-8-23)36-27(24)20-13-15-22(16-14-20)30(31,32)33/h2-18H,1H3. The molecule has 6 rings (SSSR count). The van der Waals surface area contributed by atoms with E-state index in [1.807, 2.05) is 49.4 Å². The number of para-hydroxylation sites is 3. The molecule has 39 heavy (non-hydrogen) atoms. The van der Waals surface area contributed by atoms with E-state index >= 15 is 0 Å². The van der Waals surface area contributed by atoms with Crippen LogP contribution in [-0.2, 0) is 6.18 Å². The number of nitrogens with zero attached hydrogens (tertiary/aromatic N) is 5. The number of aryl methyl sites for hydroxylation is 1. The minimum atomic E-state index is -4.47. The Balaban J connectivity index is 1.59. The number of halogens is 3. The zero-order chi connectivity index (χ0) is 27.1. The first-order valence-corrected chi connectivity index (χ1v) is 12.1. The summed E-state index contributed by atoms with van der Waals surface area (Å²) >= 11 is 0. The van der Waals surface area contributed by atoms with Crippen molar-refractivity contribution in [2.45, 2.75) is 13.1 Å². The fourth-order valence-electron chi connectivity index (χ4n) is 4.42. The summed E-state index contributed by atoms with van der Waals surface area (Å²) in [6.45, 7) is 1.83. The lowest BCUT2D eigenvalue weighted by molar-refractivity contribution is -0.137. The molecule has 0 N–H and O–H groups in total. The molecular weight excluding hydrogens is 503 g/mol. The normalized spacial score (nSPS) is 11.7. The Bertz CT molecular complexity index is 1800. The van der Waals surface area contributed by atoms with Gasteiger partial charge in [0.1, 0.15) is 5.69 Å². The second-order valence-corrected chi connectivity index (χ2v) is 9.00. The van der Waals surface area contributed by atoms with Crippen molar-refractivity contribution in [3.63, 3.8) is 0 Å². The van der Waals surface area contributed by atoms with E-state index in [1.54, 1.807) is 35.1 Å². The summed E-state index contributed by atoms with van der Waals surface area (Å²) in [6, 6.07) is 24.8. The van der Waals surface area contributed by atoms with Gasteiger partial charge < -0.3 is 0 Å². The van der Waals surface area contributed by atoms with Crippen molar-refractivity contribution in [1.82, 2.24) is 24.3 Å². The van der Waals surface area contributed by atoms with Gasteiger partial charge in [0, 0.05) is 23.7 Å². The highest BCUT2D eigenvalue weighted by atomic mass is 19.4. The number of hydrogen-bond donors (Lipinski definition) is 0. The van der Waals surface area contributed by atoms with Gasteiger partial charge in [0.05, 0.1) is 33.4 Å². The Morgan fingerprint density at radius 2 is 1.56 bits per heavy atom. The number of aromatic nitrogens is 5. The molecule has 192 valence electrons. The predicted molar refractivity (Wildman–Crippen MR) is 141 cm³/mol. The Hall–Kier alpha value is -5.05. The van der Waals surface area contributed by atoms with E-state index in [0.717, 1.165) is 23.5 Å². The summed E-state index contributed by atoms with van der Waals surface area (Å²) in [5.74, 6) is -0.0177. The van der Waals surface area contributed by atoms with E-state index in [1.165, 1.54) is 22.9 Å². The summed E-state index contributed by atoms with van der Waals surface area (Å²) in [7, 11) is 0. The first-order chi connectivity index (χ1) is 18.8. The third kappa shape index (κ3) is 4.48. The highest BCUT2D eigenvalue weighted by Gasteiger charge is 2.31. The SMILES string of the molecule is Cc1ccc(C(=O)n2c(-c3cn(-c4ccccc4)nc3-c3ccc(C(F)(F)F)cc3)nc3ccccc32)cn1. The molecule has 0 atom stereocenters. The monoisotopic (exact) mass is 523 g/mol. The van der Waals surface area contributed by atoms with E-state index in [-0.39, 0.29) is 5.91 Å². The minimum Gasteiger partial charge on any atom is -0.268 e. The molecule has 0 aliphatic rings. The number of hydrogen-bond acceptors (Lipinski definition) is 4. The van der Waals surface area contributed by atoms with Gasteiger partial charge in [-0.05, 0) is 55.5 Å². The second-order valence-electron chi connectivity index (χ2n) is 9.00. The van der Waals surface area contributed by atoms with Gasteiger partial charge in [0.15, 0.2) is 5.82 Å². The Labute approximate surface area is 221 Å². The fraction of sp³-hybridized carbons (Fsp3) is 0.0667.